The zero-order chi connectivity index (χ0) is 19.4. The second-order valence-electron chi connectivity index (χ2n) is 6.92. The lowest BCUT2D eigenvalue weighted by Gasteiger charge is -2.39. The van der Waals surface area contributed by atoms with Crippen molar-refractivity contribution < 1.29 is 19.1 Å². The molecule has 0 radical (unpaired) electrons. The van der Waals surface area contributed by atoms with Gasteiger partial charge in [0.05, 0.1) is 5.57 Å². The summed E-state index contributed by atoms with van der Waals surface area (Å²) in [7, 11) is 0. The Labute approximate surface area is 159 Å². The van der Waals surface area contributed by atoms with Crippen molar-refractivity contribution in [2.45, 2.75) is 32.9 Å². The SMILES string of the molecule is CC1=C(c2ccccc2)C(=O)N(C(C)(C)C(=O)OCc2ccccc2)CO1. The number of esters is 1. The molecule has 2 aromatic carbocycles. The number of ether oxygens (including phenoxy) is 2. The van der Waals surface area contributed by atoms with Gasteiger partial charge < -0.3 is 9.47 Å². The Morgan fingerprint density at radius 3 is 2.30 bits per heavy atom. The zero-order valence-electron chi connectivity index (χ0n) is 15.8. The molecule has 0 unspecified atom stereocenters. The van der Waals surface area contributed by atoms with Gasteiger partial charge in [-0.1, -0.05) is 60.7 Å². The van der Waals surface area contributed by atoms with Crippen LogP contribution in [0, 0.1) is 0 Å². The average molecular weight is 365 g/mol. The van der Waals surface area contributed by atoms with Crippen LogP contribution < -0.4 is 0 Å². The van der Waals surface area contributed by atoms with Crippen molar-refractivity contribution in [1.29, 1.82) is 0 Å². The quantitative estimate of drug-likeness (QED) is 0.757. The van der Waals surface area contributed by atoms with Gasteiger partial charge >= 0.3 is 5.97 Å². The summed E-state index contributed by atoms with van der Waals surface area (Å²) in [5.41, 5.74) is 0.958. The van der Waals surface area contributed by atoms with E-state index >= 15 is 0 Å². The van der Waals surface area contributed by atoms with Gasteiger partial charge in [-0.3, -0.25) is 9.69 Å². The summed E-state index contributed by atoms with van der Waals surface area (Å²) in [6.45, 7) is 5.27. The summed E-state index contributed by atoms with van der Waals surface area (Å²) >= 11 is 0. The van der Waals surface area contributed by atoms with Crippen LogP contribution in [0.4, 0.5) is 0 Å². The minimum absolute atomic E-state index is 0.00837. The molecule has 1 aliphatic rings. The molecule has 5 nitrogen and oxygen atoms in total. The number of benzene rings is 2. The predicted molar refractivity (Wildman–Crippen MR) is 102 cm³/mol. The van der Waals surface area contributed by atoms with Crippen molar-refractivity contribution in [2.24, 2.45) is 0 Å². The molecule has 0 bridgehead atoms. The van der Waals surface area contributed by atoms with Gasteiger partial charge in [0.2, 0.25) is 0 Å². The highest BCUT2D eigenvalue weighted by molar-refractivity contribution is 6.21. The van der Waals surface area contributed by atoms with Crippen molar-refractivity contribution in [1.82, 2.24) is 4.90 Å². The molecule has 27 heavy (non-hydrogen) atoms. The Balaban J connectivity index is 1.78. The predicted octanol–water partition coefficient (Wildman–Crippen LogP) is 3.76. The van der Waals surface area contributed by atoms with E-state index in [-0.39, 0.29) is 19.2 Å². The second-order valence-corrected chi connectivity index (χ2v) is 6.92. The van der Waals surface area contributed by atoms with Crippen LogP contribution in [0.1, 0.15) is 31.9 Å². The Hall–Kier alpha value is -3.08. The number of hydrogen-bond donors (Lipinski definition) is 0. The number of nitrogens with zero attached hydrogens (tertiary/aromatic N) is 1. The normalized spacial score (nSPS) is 14.8. The van der Waals surface area contributed by atoms with Gasteiger partial charge in [-0.25, -0.2) is 4.79 Å². The van der Waals surface area contributed by atoms with E-state index in [4.69, 9.17) is 9.47 Å². The van der Waals surface area contributed by atoms with Gasteiger partial charge in [0.1, 0.15) is 17.9 Å². The molecule has 0 N–H and O–H groups in total. The van der Waals surface area contributed by atoms with Crippen molar-refractivity contribution in [3.63, 3.8) is 0 Å². The third kappa shape index (κ3) is 3.87. The number of carbonyl (C=O) groups excluding carboxylic acids is 2. The summed E-state index contributed by atoms with van der Waals surface area (Å²) in [5, 5.41) is 0. The number of rotatable bonds is 5. The first-order valence-corrected chi connectivity index (χ1v) is 8.83. The fourth-order valence-corrected chi connectivity index (χ4v) is 2.93. The molecule has 0 spiro atoms. The van der Waals surface area contributed by atoms with Gasteiger partial charge in [-0.05, 0) is 31.9 Å². The van der Waals surface area contributed by atoms with E-state index in [1.54, 1.807) is 20.8 Å². The molecule has 1 heterocycles. The fraction of sp³-hybridized carbons (Fsp3) is 0.273. The van der Waals surface area contributed by atoms with Crippen LogP contribution in [0.2, 0.25) is 0 Å². The maximum atomic E-state index is 13.1. The lowest BCUT2D eigenvalue weighted by molar-refractivity contribution is -0.166. The molecule has 2 aromatic rings. The van der Waals surface area contributed by atoms with E-state index in [0.29, 0.717) is 11.3 Å². The molecule has 0 aromatic heterocycles. The fourth-order valence-electron chi connectivity index (χ4n) is 2.93. The third-order valence-electron chi connectivity index (χ3n) is 4.67. The molecule has 0 saturated heterocycles. The first kappa shape index (κ1) is 18.7. The van der Waals surface area contributed by atoms with Crippen molar-refractivity contribution in [3.05, 3.63) is 77.5 Å². The monoisotopic (exact) mass is 365 g/mol. The number of carbonyl (C=O) groups is 2. The Morgan fingerprint density at radius 1 is 1.07 bits per heavy atom. The molecular formula is C22H23NO4. The van der Waals surface area contributed by atoms with Crippen LogP contribution in [-0.4, -0.2) is 29.0 Å². The highest BCUT2D eigenvalue weighted by Crippen LogP contribution is 2.31. The van der Waals surface area contributed by atoms with Gasteiger partial charge in [-0.2, -0.15) is 0 Å². The van der Waals surface area contributed by atoms with Crippen LogP contribution in [0.5, 0.6) is 0 Å². The summed E-state index contributed by atoms with van der Waals surface area (Å²) in [6, 6.07) is 18.8. The number of amides is 1. The van der Waals surface area contributed by atoms with E-state index in [9.17, 15) is 9.59 Å². The zero-order valence-corrected chi connectivity index (χ0v) is 15.8. The van der Waals surface area contributed by atoms with Crippen LogP contribution in [-0.2, 0) is 25.7 Å². The van der Waals surface area contributed by atoms with Crippen molar-refractivity contribution >= 4 is 17.4 Å². The first-order chi connectivity index (χ1) is 12.9. The molecule has 0 saturated carbocycles. The third-order valence-corrected chi connectivity index (χ3v) is 4.67. The standard InChI is InChI=1S/C22H23NO4/c1-16-19(18-12-8-5-9-13-18)20(24)23(15-27-16)22(2,3)21(25)26-14-17-10-6-4-7-11-17/h4-13H,14-15H2,1-3H3. The van der Waals surface area contributed by atoms with Gasteiger partial charge in [0.25, 0.3) is 5.91 Å². The van der Waals surface area contributed by atoms with Crippen LogP contribution in [0.25, 0.3) is 5.57 Å². The maximum absolute atomic E-state index is 13.1. The van der Waals surface area contributed by atoms with Crippen molar-refractivity contribution in [2.75, 3.05) is 6.73 Å². The Bertz CT molecular complexity index is 856. The highest BCUT2D eigenvalue weighted by Gasteiger charge is 2.43. The van der Waals surface area contributed by atoms with Crippen LogP contribution >= 0.6 is 0 Å². The minimum Gasteiger partial charge on any atom is -0.477 e. The molecule has 1 amide bonds. The molecule has 3 rings (SSSR count). The van der Waals surface area contributed by atoms with Gasteiger partial charge in [-0.15, -0.1) is 0 Å². The maximum Gasteiger partial charge on any atom is 0.331 e. The lowest BCUT2D eigenvalue weighted by Crippen LogP contribution is -2.56. The smallest absolute Gasteiger partial charge is 0.331 e. The van der Waals surface area contributed by atoms with E-state index in [1.807, 2.05) is 60.7 Å². The molecule has 1 aliphatic heterocycles. The van der Waals surface area contributed by atoms with E-state index in [1.165, 1.54) is 4.90 Å². The highest BCUT2D eigenvalue weighted by atomic mass is 16.5. The summed E-state index contributed by atoms with van der Waals surface area (Å²) in [6.07, 6.45) is 0. The second kappa shape index (κ2) is 7.66. The topological polar surface area (TPSA) is 55.8 Å². The summed E-state index contributed by atoms with van der Waals surface area (Å²) < 4.78 is 11.2. The summed E-state index contributed by atoms with van der Waals surface area (Å²) in [4.78, 5) is 27.3. The van der Waals surface area contributed by atoms with Gasteiger partial charge in [0, 0.05) is 0 Å². The van der Waals surface area contributed by atoms with Crippen molar-refractivity contribution in [3.8, 4) is 0 Å². The van der Waals surface area contributed by atoms with E-state index < -0.39 is 11.5 Å². The largest absolute Gasteiger partial charge is 0.477 e. The molecule has 0 fully saturated rings. The number of hydrogen-bond acceptors (Lipinski definition) is 4. The first-order valence-electron chi connectivity index (χ1n) is 8.83. The number of allylic oxidation sites excluding steroid dienone is 1. The summed E-state index contributed by atoms with van der Waals surface area (Å²) in [5.74, 6) is -0.169. The Morgan fingerprint density at radius 2 is 1.67 bits per heavy atom. The molecule has 140 valence electrons. The van der Waals surface area contributed by atoms with Crippen LogP contribution in [0.3, 0.4) is 0 Å². The van der Waals surface area contributed by atoms with Gasteiger partial charge in [0.15, 0.2) is 6.73 Å². The van der Waals surface area contributed by atoms with Crippen LogP contribution in [0.15, 0.2) is 66.4 Å². The molecule has 0 aliphatic carbocycles. The molecule has 5 heteroatoms. The lowest BCUT2D eigenvalue weighted by atomic mass is 9.97. The molecular weight excluding hydrogens is 342 g/mol. The minimum atomic E-state index is -1.16. The molecule has 0 atom stereocenters. The van der Waals surface area contributed by atoms with E-state index in [2.05, 4.69) is 0 Å². The van der Waals surface area contributed by atoms with E-state index in [0.717, 1.165) is 11.1 Å². The Kier molecular flexibility index (Phi) is 5.31. The average Bonchev–Trinajstić information content (AvgIpc) is 2.67.